The van der Waals surface area contributed by atoms with Gasteiger partial charge in [0.2, 0.25) is 0 Å². The maximum absolute atomic E-state index is 7.07. The van der Waals surface area contributed by atoms with Gasteiger partial charge in [-0.3, -0.25) is 5.84 Å². The summed E-state index contributed by atoms with van der Waals surface area (Å²) in [6.45, 7) is 15.6. The SMILES string of the molecule is CCC(CC)(NNN)C(C)(CC)[N+](N)(NC)C(C)(CC)CC. The first kappa shape index (κ1) is 21.8. The average molecular weight is 318 g/mol. The largest absolute Gasteiger partial charge is 0.258 e. The topological polar surface area (TPSA) is 88.1 Å². The van der Waals surface area contributed by atoms with Crippen LogP contribution in [-0.4, -0.2) is 28.4 Å². The summed E-state index contributed by atoms with van der Waals surface area (Å²) in [5, 5.41) is 0. The maximum Gasteiger partial charge on any atom is 0.151 e. The second-order valence-corrected chi connectivity index (χ2v) is 6.84. The van der Waals surface area contributed by atoms with E-state index < -0.39 is 0 Å². The van der Waals surface area contributed by atoms with Gasteiger partial charge in [-0.05, 0) is 26.7 Å². The molecule has 0 rings (SSSR count). The fourth-order valence-electron chi connectivity index (χ4n) is 4.25. The third-order valence-corrected chi connectivity index (χ3v) is 6.74. The van der Waals surface area contributed by atoms with Gasteiger partial charge in [-0.25, -0.2) is 5.43 Å². The Balaban J connectivity index is 6.34. The van der Waals surface area contributed by atoms with E-state index in [0.717, 1.165) is 32.1 Å². The fraction of sp³-hybridized carbons (Fsp3) is 1.00. The second-order valence-electron chi connectivity index (χ2n) is 6.84. The Kier molecular flexibility index (Phi) is 7.95. The summed E-state index contributed by atoms with van der Waals surface area (Å²) >= 11 is 0. The van der Waals surface area contributed by atoms with E-state index in [9.17, 15) is 0 Å². The van der Waals surface area contributed by atoms with E-state index in [0.29, 0.717) is 4.70 Å². The van der Waals surface area contributed by atoms with Gasteiger partial charge in [0.05, 0.1) is 5.54 Å². The number of rotatable bonds is 11. The Hall–Kier alpha value is -0.240. The zero-order valence-electron chi connectivity index (χ0n) is 16.1. The first-order valence-electron chi connectivity index (χ1n) is 8.77. The Bertz CT molecular complexity index is 327. The predicted molar refractivity (Wildman–Crippen MR) is 95.0 cm³/mol. The average Bonchev–Trinajstić information content (AvgIpc) is 2.57. The molecule has 2 atom stereocenters. The van der Waals surface area contributed by atoms with Crippen LogP contribution in [0.3, 0.4) is 0 Å². The summed E-state index contributed by atoms with van der Waals surface area (Å²) in [7, 11) is 1.96. The lowest BCUT2D eigenvalue weighted by atomic mass is 9.69. The van der Waals surface area contributed by atoms with E-state index in [1.165, 1.54) is 0 Å². The Morgan fingerprint density at radius 1 is 0.864 bits per heavy atom. The number of hydrogen-bond donors (Lipinski definition) is 5. The lowest BCUT2D eigenvalue weighted by Crippen LogP contribution is -2.88. The van der Waals surface area contributed by atoms with E-state index in [4.69, 9.17) is 11.7 Å². The van der Waals surface area contributed by atoms with Crippen LogP contribution >= 0.6 is 0 Å². The summed E-state index contributed by atoms with van der Waals surface area (Å²) in [5.41, 5.74) is 8.93. The van der Waals surface area contributed by atoms with Crippen LogP contribution in [0, 0.1) is 0 Å². The quantitative estimate of drug-likeness (QED) is 0.229. The highest BCUT2D eigenvalue weighted by Gasteiger charge is 2.63. The Morgan fingerprint density at radius 2 is 1.32 bits per heavy atom. The molecule has 134 valence electrons. The third-order valence-electron chi connectivity index (χ3n) is 6.74. The van der Waals surface area contributed by atoms with Gasteiger partial charge in [0.15, 0.2) is 5.54 Å². The molecule has 0 heterocycles. The smallest absolute Gasteiger partial charge is 0.151 e. The van der Waals surface area contributed by atoms with Crippen molar-refractivity contribution < 1.29 is 4.70 Å². The second kappa shape index (κ2) is 8.04. The molecule has 0 aliphatic carbocycles. The first-order valence-corrected chi connectivity index (χ1v) is 8.77. The van der Waals surface area contributed by atoms with E-state index in [1.54, 1.807) is 0 Å². The summed E-state index contributed by atoms with van der Waals surface area (Å²) in [5.74, 6) is 12.7. The molecule has 0 aromatic carbocycles. The van der Waals surface area contributed by atoms with Gasteiger partial charge in [-0.15, -0.1) is 0 Å². The molecule has 0 radical (unpaired) electrons. The van der Waals surface area contributed by atoms with Crippen molar-refractivity contribution in [1.82, 2.24) is 16.4 Å². The molecule has 0 aromatic rings. The van der Waals surface area contributed by atoms with Crippen LogP contribution in [-0.2, 0) is 0 Å². The fourth-order valence-corrected chi connectivity index (χ4v) is 4.25. The van der Waals surface area contributed by atoms with Crippen LogP contribution in [0.1, 0.15) is 80.6 Å². The van der Waals surface area contributed by atoms with Crippen molar-refractivity contribution in [3.63, 3.8) is 0 Å². The zero-order valence-corrected chi connectivity index (χ0v) is 16.1. The molecular weight excluding hydrogens is 276 g/mol. The first-order chi connectivity index (χ1) is 10.2. The van der Waals surface area contributed by atoms with Crippen LogP contribution in [0.4, 0.5) is 0 Å². The highest BCUT2D eigenvalue weighted by Crippen LogP contribution is 2.44. The van der Waals surface area contributed by atoms with E-state index >= 15 is 0 Å². The molecule has 0 amide bonds. The number of quaternary nitrogens is 1. The highest BCUT2D eigenvalue weighted by atomic mass is 15.9. The molecule has 0 aliphatic rings. The van der Waals surface area contributed by atoms with Crippen molar-refractivity contribution in [2.24, 2.45) is 11.7 Å². The van der Waals surface area contributed by atoms with Crippen LogP contribution < -0.4 is 28.1 Å². The van der Waals surface area contributed by atoms with Crippen molar-refractivity contribution in [2.45, 2.75) is 97.2 Å². The van der Waals surface area contributed by atoms with E-state index in [1.807, 2.05) is 7.05 Å². The summed E-state index contributed by atoms with van der Waals surface area (Å²) in [6.07, 6.45) is 4.78. The molecule has 0 bridgehead atoms. The van der Waals surface area contributed by atoms with Gasteiger partial charge < -0.3 is 0 Å². The van der Waals surface area contributed by atoms with Crippen LogP contribution in [0.2, 0.25) is 0 Å². The molecular formula is C16H41N6+. The molecule has 0 saturated heterocycles. The van der Waals surface area contributed by atoms with Gasteiger partial charge >= 0.3 is 0 Å². The molecule has 2 unspecified atom stereocenters. The standard InChI is InChI=1S/C16H41N6/c1-9-14(6,10-2)22(18,19-8)15(7,11-3)16(12-4,13-5)20-21-17/h19-21H,9-13,17-18H2,1-8H3/q+1. The monoisotopic (exact) mass is 317 g/mol. The van der Waals surface area contributed by atoms with Gasteiger partial charge in [0.25, 0.3) is 0 Å². The van der Waals surface area contributed by atoms with Crippen LogP contribution in [0.25, 0.3) is 0 Å². The summed E-state index contributed by atoms with van der Waals surface area (Å²) in [4.78, 5) is 0. The van der Waals surface area contributed by atoms with Gasteiger partial charge in [-0.2, -0.15) is 21.5 Å². The maximum atomic E-state index is 7.07. The van der Waals surface area contributed by atoms with E-state index in [-0.39, 0.29) is 16.6 Å². The van der Waals surface area contributed by atoms with E-state index in [2.05, 4.69) is 64.9 Å². The molecule has 0 aromatic heterocycles. The van der Waals surface area contributed by atoms with Crippen molar-refractivity contribution in [1.29, 1.82) is 0 Å². The Morgan fingerprint density at radius 3 is 1.55 bits per heavy atom. The third kappa shape index (κ3) is 2.92. The van der Waals surface area contributed by atoms with Crippen molar-refractivity contribution in [2.75, 3.05) is 7.05 Å². The van der Waals surface area contributed by atoms with Gasteiger partial charge in [0.1, 0.15) is 5.54 Å². The number of nitrogens with one attached hydrogen (secondary N) is 3. The number of nitrogens with zero attached hydrogens (tertiary/aromatic N) is 1. The molecule has 6 heteroatoms. The normalized spacial score (nSPS) is 18.8. The molecule has 0 fully saturated rings. The summed E-state index contributed by atoms with van der Waals surface area (Å²) in [6, 6.07) is 0. The van der Waals surface area contributed by atoms with Gasteiger partial charge in [-0.1, -0.05) is 34.6 Å². The number of hydrogen-bond acceptors (Lipinski definition) is 5. The molecule has 0 saturated carbocycles. The Labute approximate surface area is 137 Å². The zero-order chi connectivity index (χ0) is 17.7. The molecule has 22 heavy (non-hydrogen) atoms. The van der Waals surface area contributed by atoms with Crippen LogP contribution in [0.15, 0.2) is 0 Å². The van der Waals surface area contributed by atoms with Crippen molar-refractivity contribution in [3.05, 3.63) is 0 Å². The minimum absolute atomic E-state index is 0.0780. The molecule has 7 N–H and O–H groups in total. The van der Waals surface area contributed by atoms with Crippen molar-refractivity contribution in [3.8, 4) is 0 Å². The summed E-state index contributed by atoms with van der Waals surface area (Å²) < 4.78 is 0.305. The van der Waals surface area contributed by atoms with Crippen LogP contribution in [0.5, 0.6) is 0 Å². The van der Waals surface area contributed by atoms with Crippen molar-refractivity contribution >= 4 is 0 Å². The molecule has 0 aliphatic heterocycles. The lowest BCUT2D eigenvalue weighted by molar-refractivity contribution is -1.07. The number of hydrazine groups is 2. The minimum Gasteiger partial charge on any atom is -0.258 e. The highest BCUT2D eigenvalue weighted by molar-refractivity contribution is 5.03. The molecule has 0 spiro atoms. The predicted octanol–water partition coefficient (Wildman–Crippen LogP) is 2.09. The molecule has 6 nitrogen and oxygen atoms in total. The lowest BCUT2D eigenvalue weighted by Gasteiger charge is -2.61. The number of nitrogens with two attached hydrogens (primary N) is 2. The minimum atomic E-state index is -0.252. The van der Waals surface area contributed by atoms with Gasteiger partial charge in [0, 0.05) is 26.3 Å².